The van der Waals surface area contributed by atoms with Crippen molar-refractivity contribution >= 4 is 24.0 Å². The van der Waals surface area contributed by atoms with E-state index in [0.717, 1.165) is 16.7 Å². The van der Waals surface area contributed by atoms with Crippen molar-refractivity contribution in [3.05, 3.63) is 82.9 Å². The standard InChI is InChI=1S/C21H16ClNO2/c1-3-16-14(2)7-6-8-17(16)19-12-11-15(13-24)21(23-19)25-20-10-5-4-9-18(20)22/h3-13H,1H2,2H3. The van der Waals surface area contributed by atoms with Crippen LogP contribution in [0.4, 0.5) is 0 Å². The van der Waals surface area contributed by atoms with E-state index in [1.807, 2.05) is 37.3 Å². The van der Waals surface area contributed by atoms with Gasteiger partial charge in [0.15, 0.2) is 6.29 Å². The number of pyridine rings is 1. The largest absolute Gasteiger partial charge is 0.437 e. The fraction of sp³-hybridized carbons (Fsp3) is 0.0476. The molecule has 0 atom stereocenters. The molecule has 4 heteroatoms. The van der Waals surface area contributed by atoms with Gasteiger partial charge in [-0.25, -0.2) is 4.98 Å². The lowest BCUT2D eigenvalue weighted by Crippen LogP contribution is -1.97. The first-order chi connectivity index (χ1) is 12.1. The average Bonchev–Trinajstić information content (AvgIpc) is 2.63. The van der Waals surface area contributed by atoms with Gasteiger partial charge in [-0.05, 0) is 42.3 Å². The van der Waals surface area contributed by atoms with Crippen molar-refractivity contribution in [2.45, 2.75) is 6.92 Å². The Morgan fingerprint density at radius 2 is 1.88 bits per heavy atom. The number of benzene rings is 2. The Morgan fingerprint density at radius 3 is 2.60 bits per heavy atom. The van der Waals surface area contributed by atoms with Gasteiger partial charge in [0.25, 0.3) is 0 Å². The van der Waals surface area contributed by atoms with Gasteiger partial charge in [-0.15, -0.1) is 0 Å². The van der Waals surface area contributed by atoms with E-state index in [1.54, 1.807) is 30.3 Å². The van der Waals surface area contributed by atoms with Crippen LogP contribution in [0.3, 0.4) is 0 Å². The highest BCUT2D eigenvalue weighted by atomic mass is 35.5. The van der Waals surface area contributed by atoms with E-state index in [2.05, 4.69) is 11.6 Å². The van der Waals surface area contributed by atoms with Crippen LogP contribution in [-0.2, 0) is 0 Å². The number of carbonyl (C=O) groups is 1. The van der Waals surface area contributed by atoms with E-state index in [4.69, 9.17) is 16.3 Å². The first-order valence-electron chi connectivity index (χ1n) is 7.75. The van der Waals surface area contributed by atoms with Gasteiger partial charge in [0.1, 0.15) is 5.75 Å². The zero-order valence-corrected chi connectivity index (χ0v) is 14.5. The predicted molar refractivity (Wildman–Crippen MR) is 101 cm³/mol. The van der Waals surface area contributed by atoms with Crippen LogP contribution in [0.1, 0.15) is 21.5 Å². The van der Waals surface area contributed by atoms with Crippen LogP contribution in [-0.4, -0.2) is 11.3 Å². The molecule has 0 N–H and O–H groups in total. The lowest BCUT2D eigenvalue weighted by atomic mass is 9.99. The van der Waals surface area contributed by atoms with Gasteiger partial charge in [-0.1, -0.05) is 54.6 Å². The molecule has 1 aromatic heterocycles. The average molecular weight is 350 g/mol. The maximum Gasteiger partial charge on any atom is 0.230 e. The Labute approximate surface area is 151 Å². The smallest absolute Gasteiger partial charge is 0.230 e. The van der Waals surface area contributed by atoms with Crippen molar-refractivity contribution < 1.29 is 9.53 Å². The van der Waals surface area contributed by atoms with Crippen molar-refractivity contribution in [3.63, 3.8) is 0 Å². The molecule has 0 radical (unpaired) electrons. The Morgan fingerprint density at radius 1 is 1.08 bits per heavy atom. The van der Waals surface area contributed by atoms with Crippen LogP contribution in [0.2, 0.25) is 5.02 Å². The molecule has 0 amide bonds. The molecule has 3 rings (SSSR count). The second-order valence-electron chi connectivity index (χ2n) is 5.48. The summed E-state index contributed by atoms with van der Waals surface area (Å²) in [5.41, 5.74) is 4.08. The normalized spacial score (nSPS) is 10.3. The molecular formula is C21H16ClNO2. The first-order valence-corrected chi connectivity index (χ1v) is 8.13. The van der Waals surface area contributed by atoms with Gasteiger partial charge >= 0.3 is 0 Å². The van der Waals surface area contributed by atoms with Crippen LogP contribution in [0.5, 0.6) is 11.6 Å². The third-order valence-corrected chi connectivity index (χ3v) is 4.18. The summed E-state index contributed by atoms with van der Waals surface area (Å²) >= 11 is 6.14. The molecule has 0 spiro atoms. The Kier molecular flexibility index (Phi) is 4.96. The molecule has 0 saturated heterocycles. The quantitative estimate of drug-likeness (QED) is 0.533. The number of nitrogens with zero attached hydrogens (tertiary/aromatic N) is 1. The molecule has 1 heterocycles. The molecule has 2 aromatic carbocycles. The Hall–Kier alpha value is -2.91. The summed E-state index contributed by atoms with van der Waals surface area (Å²) in [7, 11) is 0. The number of para-hydroxylation sites is 1. The molecular weight excluding hydrogens is 334 g/mol. The molecule has 0 unspecified atom stereocenters. The van der Waals surface area contributed by atoms with E-state index in [0.29, 0.717) is 28.3 Å². The number of ether oxygens (including phenoxy) is 1. The zero-order chi connectivity index (χ0) is 17.8. The van der Waals surface area contributed by atoms with E-state index in [1.165, 1.54) is 0 Å². The summed E-state index contributed by atoms with van der Waals surface area (Å²) in [6, 6.07) is 16.5. The van der Waals surface area contributed by atoms with Crippen molar-refractivity contribution in [2.24, 2.45) is 0 Å². The number of aldehydes is 1. The number of aromatic nitrogens is 1. The summed E-state index contributed by atoms with van der Waals surface area (Å²) < 4.78 is 5.80. The van der Waals surface area contributed by atoms with E-state index < -0.39 is 0 Å². The van der Waals surface area contributed by atoms with Gasteiger partial charge in [0.2, 0.25) is 5.88 Å². The van der Waals surface area contributed by atoms with Crippen LogP contribution in [0, 0.1) is 6.92 Å². The Bertz CT molecular complexity index is 950. The number of rotatable bonds is 5. The SMILES string of the molecule is C=Cc1c(C)cccc1-c1ccc(C=O)c(Oc2ccccc2Cl)n1. The molecule has 0 bridgehead atoms. The van der Waals surface area contributed by atoms with Crippen LogP contribution in [0.15, 0.2) is 61.2 Å². The first kappa shape index (κ1) is 16.9. The zero-order valence-electron chi connectivity index (χ0n) is 13.7. The van der Waals surface area contributed by atoms with Crippen molar-refractivity contribution in [1.82, 2.24) is 4.98 Å². The van der Waals surface area contributed by atoms with Gasteiger partial charge < -0.3 is 4.74 Å². The van der Waals surface area contributed by atoms with E-state index in [9.17, 15) is 4.79 Å². The number of hydrogen-bond acceptors (Lipinski definition) is 3. The fourth-order valence-corrected chi connectivity index (χ4v) is 2.75. The Balaban J connectivity index is 2.10. The third-order valence-electron chi connectivity index (χ3n) is 3.86. The highest BCUT2D eigenvalue weighted by Gasteiger charge is 2.13. The molecule has 0 aliphatic rings. The molecule has 0 saturated carbocycles. The number of halogens is 1. The van der Waals surface area contributed by atoms with Gasteiger partial charge in [-0.3, -0.25) is 4.79 Å². The molecule has 0 fully saturated rings. The topological polar surface area (TPSA) is 39.2 Å². The summed E-state index contributed by atoms with van der Waals surface area (Å²) in [6.45, 7) is 5.90. The maximum absolute atomic E-state index is 11.4. The van der Waals surface area contributed by atoms with Crippen molar-refractivity contribution in [1.29, 1.82) is 0 Å². The number of carbonyl (C=O) groups excluding carboxylic acids is 1. The summed E-state index contributed by atoms with van der Waals surface area (Å²) in [6.07, 6.45) is 2.52. The third kappa shape index (κ3) is 3.47. The summed E-state index contributed by atoms with van der Waals surface area (Å²) in [5, 5.41) is 0.453. The van der Waals surface area contributed by atoms with Crippen LogP contribution in [0.25, 0.3) is 17.3 Å². The van der Waals surface area contributed by atoms with Crippen molar-refractivity contribution in [2.75, 3.05) is 0 Å². The molecule has 0 aliphatic heterocycles. The summed E-state index contributed by atoms with van der Waals surface area (Å²) in [5.74, 6) is 0.669. The minimum Gasteiger partial charge on any atom is -0.437 e. The molecule has 3 nitrogen and oxygen atoms in total. The van der Waals surface area contributed by atoms with Crippen LogP contribution >= 0.6 is 11.6 Å². The number of hydrogen-bond donors (Lipinski definition) is 0. The van der Waals surface area contributed by atoms with E-state index in [-0.39, 0.29) is 5.88 Å². The second kappa shape index (κ2) is 7.32. The highest BCUT2D eigenvalue weighted by molar-refractivity contribution is 6.32. The van der Waals surface area contributed by atoms with Crippen molar-refractivity contribution in [3.8, 4) is 22.9 Å². The second-order valence-corrected chi connectivity index (χ2v) is 5.89. The van der Waals surface area contributed by atoms with Gasteiger partial charge in [0.05, 0.1) is 16.3 Å². The molecule has 25 heavy (non-hydrogen) atoms. The number of aryl methyl sites for hydroxylation is 1. The van der Waals surface area contributed by atoms with E-state index >= 15 is 0 Å². The highest BCUT2D eigenvalue weighted by Crippen LogP contribution is 2.32. The molecule has 124 valence electrons. The fourth-order valence-electron chi connectivity index (χ4n) is 2.58. The van der Waals surface area contributed by atoms with Gasteiger partial charge in [0, 0.05) is 5.56 Å². The summed E-state index contributed by atoms with van der Waals surface area (Å²) in [4.78, 5) is 15.9. The lowest BCUT2D eigenvalue weighted by Gasteiger charge is -2.12. The predicted octanol–water partition coefficient (Wildman–Crippen LogP) is 5.96. The lowest BCUT2D eigenvalue weighted by molar-refractivity contribution is 0.112. The van der Waals surface area contributed by atoms with Gasteiger partial charge in [-0.2, -0.15) is 0 Å². The minimum atomic E-state index is 0.220. The minimum absolute atomic E-state index is 0.220. The van der Waals surface area contributed by atoms with Crippen LogP contribution < -0.4 is 4.74 Å². The molecule has 0 aliphatic carbocycles. The monoisotopic (exact) mass is 349 g/mol. The maximum atomic E-state index is 11.4. The molecule has 3 aromatic rings.